The van der Waals surface area contributed by atoms with Gasteiger partial charge in [0, 0.05) is 6.92 Å². The van der Waals surface area contributed by atoms with Gasteiger partial charge in [0.2, 0.25) is 5.89 Å². The predicted octanol–water partition coefficient (Wildman–Crippen LogP) is 1.87. The molecule has 0 fully saturated rings. The molecule has 0 saturated heterocycles. The number of halogens is 1. The van der Waals surface area contributed by atoms with Crippen LogP contribution >= 0.6 is 11.6 Å². The van der Waals surface area contributed by atoms with Crippen molar-refractivity contribution in [1.29, 1.82) is 0 Å². The van der Waals surface area contributed by atoms with E-state index in [0.29, 0.717) is 5.89 Å². The summed E-state index contributed by atoms with van der Waals surface area (Å²) in [7, 11) is 0. The maximum atomic E-state index is 11.9. The summed E-state index contributed by atoms with van der Waals surface area (Å²) in [6.07, 6.45) is 0. The highest BCUT2D eigenvalue weighted by atomic mass is 35.5. The van der Waals surface area contributed by atoms with Crippen LogP contribution in [0, 0.1) is 17.0 Å². The minimum absolute atomic E-state index is 0.000158. The van der Waals surface area contributed by atoms with E-state index in [0.717, 1.165) is 0 Å². The molecule has 1 N–H and O–H groups in total. The Morgan fingerprint density at radius 3 is 2.90 bits per heavy atom. The summed E-state index contributed by atoms with van der Waals surface area (Å²) in [6.45, 7) is 1.61. The number of aromatic nitrogens is 2. The molecule has 0 atom stereocenters. The molecule has 104 valence electrons. The lowest BCUT2D eigenvalue weighted by atomic mass is 10.1. The minimum Gasteiger partial charge on any atom is -0.344 e. The van der Waals surface area contributed by atoms with Gasteiger partial charge in [-0.2, -0.15) is 4.98 Å². The van der Waals surface area contributed by atoms with Gasteiger partial charge < -0.3 is 9.84 Å². The van der Waals surface area contributed by atoms with Gasteiger partial charge in [-0.25, -0.2) is 0 Å². The third-order valence-electron chi connectivity index (χ3n) is 2.39. The van der Waals surface area contributed by atoms with Crippen LogP contribution in [0.1, 0.15) is 22.1 Å². The molecule has 0 aliphatic rings. The molecule has 0 saturated carbocycles. The molecule has 0 aliphatic carbocycles. The highest BCUT2D eigenvalue weighted by Gasteiger charge is 2.23. The van der Waals surface area contributed by atoms with Crippen molar-refractivity contribution in [3.63, 3.8) is 0 Å². The van der Waals surface area contributed by atoms with Crippen LogP contribution in [0.3, 0.4) is 0 Å². The summed E-state index contributed by atoms with van der Waals surface area (Å²) in [5.74, 6) is 0.00479. The number of aryl methyl sites for hydroxylation is 1. The molecular formula is C11H9ClN4O4. The first-order chi connectivity index (χ1) is 9.49. The fourth-order valence-electron chi connectivity index (χ4n) is 1.55. The second-order valence-corrected chi connectivity index (χ2v) is 4.21. The Kier molecular flexibility index (Phi) is 3.94. The van der Waals surface area contributed by atoms with Gasteiger partial charge in [0.1, 0.15) is 10.6 Å². The average Bonchev–Trinajstić information content (AvgIpc) is 2.81. The van der Waals surface area contributed by atoms with Crippen LogP contribution in [0.2, 0.25) is 5.02 Å². The number of nitro benzene ring substituents is 1. The van der Waals surface area contributed by atoms with Gasteiger partial charge in [-0.1, -0.05) is 22.8 Å². The third-order valence-corrected chi connectivity index (χ3v) is 2.70. The van der Waals surface area contributed by atoms with Crippen LogP contribution < -0.4 is 5.32 Å². The van der Waals surface area contributed by atoms with E-state index in [1.165, 1.54) is 18.2 Å². The van der Waals surface area contributed by atoms with Crippen molar-refractivity contribution in [2.75, 3.05) is 0 Å². The molecule has 9 heteroatoms. The molecule has 1 amide bonds. The van der Waals surface area contributed by atoms with Gasteiger partial charge in [0.25, 0.3) is 5.91 Å². The molecule has 0 spiro atoms. The van der Waals surface area contributed by atoms with Crippen molar-refractivity contribution in [2.24, 2.45) is 0 Å². The topological polar surface area (TPSA) is 111 Å². The van der Waals surface area contributed by atoms with Gasteiger partial charge in [-0.15, -0.1) is 0 Å². The molecule has 1 aromatic heterocycles. The molecule has 1 aromatic carbocycles. The van der Waals surface area contributed by atoms with Crippen molar-refractivity contribution in [3.05, 3.63) is 50.6 Å². The van der Waals surface area contributed by atoms with Crippen molar-refractivity contribution in [1.82, 2.24) is 15.5 Å². The highest BCUT2D eigenvalue weighted by molar-refractivity contribution is 6.33. The van der Waals surface area contributed by atoms with E-state index in [-0.39, 0.29) is 23.0 Å². The predicted molar refractivity (Wildman–Crippen MR) is 68.3 cm³/mol. The molecular weight excluding hydrogens is 288 g/mol. The number of nitro groups is 1. The number of rotatable bonds is 4. The van der Waals surface area contributed by atoms with Gasteiger partial charge in [-0.3, -0.25) is 14.9 Å². The van der Waals surface area contributed by atoms with Crippen molar-refractivity contribution in [2.45, 2.75) is 13.5 Å². The molecule has 0 radical (unpaired) electrons. The molecule has 8 nitrogen and oxygen atoms in total. The number of amides is 1. The number of nitrogens with zero attached hydrogens (tertiary/aromatic N) is 3. The number of hydrogen-bond acceptors (Lipinski definition) is 6. The standard InChI is InChI=1S/C11H9ClN4O4/c1-6-14-9(15-20-6)5-13-11(17)7-3-2-4-8(12)10(7)16(18)19/h2-4H,5H2,1H3,(H,13,17). The molecule has 2 rings (SSSR count). The molecule has 2 aromatic rings. The Morgan fingerprint density at radius 1 is 1.55 bits per heavy atom. The summed E-state index contributed by atoms with van der Waals surface area (Å²) < 4.78 is 4.74. The molecule has 0 aliphatic heterocycles. The Balaban J connectivity index is 2.17. The smallest absolute Gasteiger partial charge is 0.300 e. The van der Waals surface area contributed by atoms with Crippen molar-refractivity contribution < 1.29 is 14.2 Å². The Labute approximate surface area is 117 Å². The van der Waals surface area contributed by atoms with E-state index in [1.807, 2.05) is 0 Å². The largest absolute Gasteiger partial charge is 0.344 e. The first-order valence-corrected chi connectivity index (χ1v) is 5.87. The van der Waals surface area contributed by atoms with Crippen LogP contribution in [-0.2, 0) is 6.54 Å². The Hall–Kier alpha value is -2.48. The Bertz CT molecular complexity index is 670. The maximum absolute atomic E-state index is 11.9. The maximum Gasteiger partial charge on any atom is 0.300 e. The Morgan fingerprint density at radius 2 is 2.30 bits per heavy atom. The lowest BCUT2D eigenvalue weighted by Gasteiger charge is -2.04. The van der Waals surface area contributed by atoms with Crippen molar-refractivity contribution in [3.8, 4) is 0 Å². The normalized spacial score (nSPS) is 10.3. The number of carbonyl (C=O) groups is 1. The summed E-state index contributed by atoms with van der Waals surface area (Å²) in [4.78, 5) is 26.1. The lowest BCUT2D eigenvalue weighted by molar-refractivity contribution is -0.385. The summed E-state index contributed by atoms with van der Waals surface area (Å²) in [5.41, 5.74) is -0.557. The highest BCUT2D eigenvalue weighted by Crippen LogP contribution is 2.27. The zero-order valence-corrected chi connectivity index (χ0v) is 11.0. The fraction of sp³-hybridized carbons (Fsp3) is 0.182. The first-order valence-electron chi connectivity index (χ1n) is 5.49. The second kappa shape index (κ2) is 5.66. The lowest BCUT2D eigenvalue weighted by Crippen LogP contribution is -2.24. The SMILES string of the molecule is Cc1nc(CNC(=O)c2cccc(Cl)c2[N+](=O)[O-])no1. The monoisotopic (exact) mass is 296 g/mol. The number of carbonyl (C=O) groups excluding carboxylic acids is 1. The van der Waals surface area contributed by atoms with E-state index in [4.69, 9.17) is 16.1 Å². The zero-order chi connectivity index (χ0) is 14.7. The second-order valence-electron chi connectivity index (χ2n) is 3.81. The van der Waals surface area contributed by atoms with E-state index < -0.39 is 16.5 Å². The summed E-state index contributed by atoms with van der Waals surface area (Å²) in [5, 5.41) is 16.9. The average molecular weight is 297 g/mol. The van der Waals surface area contributed by atoms with Crippen LogP contribution in [0.25, 0.3) is 0 Å². The van der Waals surface area contributed by atoms with Gasteiger partial charge in [-0.05, 0) is 12.1 Å². The van der Waals surface area contributed by atoms with E-state index >= 15 is 0 Å². The fourth-order valence-corrected chi connectivity index (χ4v) is 1.80. The van der Waals surface area contributed by atoms with Crippen LogP contribution in [0.15, 0.2) is 22.7 Å². The zero-order valence-electron chi connectivity index (χ0n) is 10.3. The van der Waals surface area contributed by atoms with Gasteiger partial charge in [0.15, 0.2) is 5.82 Å². The molecule has 1 heterocycles. The summed E-state index contributed by atoms with van der Waals surface area (Å²) in [6, 6.07) is 4.13. The molecule has 0 bridgehead atoms. The van der Waals surface area contributed by atoms with Gasteiger partial charge >= 0.3 is 5.69 Å². The molecule has 20 heavy (non-hydrogen) atoms. The third kappa shape index (κ3) is 2.91. The van der Waals surface area contributed by atoms with E-state index in [1.54, 1.807) is 6.92 Å². The summed E-state index contributed by atoms with van der Waals surface area (Å²) >= 11 is 5.73. The van der Waals surface area contributed by atoms with E-state index in [9.17, 15) is 14.9 Å². The number of para-hydroxylation sites is 1. The number of nitrogens with one attached hydrogen (secondary N) is 1. The van der Waals surface area contributed by atoms with E-state index in [2.05, 4.69) is 15.5 Å². The van der Waals surface area contributed by atoms with Crippen molar-refractivity contribution >= 4 is 23.2 Å². The number of hydrogen-bond donors (Lipinski definition) is 1. The van der Waals surface area contributed by atoms with Crippen LogP contribution in [0.5, 0.6) is 0 Å². The quantitative estimate of drug-likeness (QED) is 0.681. The number of benzene rings is 1. The first kappa shape index (κ1) is 13.9. The minimum atomic E-state index is -0.699. The van der Waals surface area contributed by atoms with Crippen LogP contribution in [-0.4, -0.2) is 21.0 Å². The van der Waals surface area contributed by atoms with Crippen LogP contribution in [0.4, 0.5) is 5.69 Å². The van der Waals surface area contributed by atoms with Gasteiger partial charge in [0.05, 0.1) is 11.5 Å². The molecule has 0 unspecified atom stereocenters.